The Bertz CT molecular complexity index is 415. The van der Waals surface area contributed by atoms with E-state index in [0.29, 0.717) is 12.0 Å². The van der Waals surface area contributed by atoms with Gasteiger partial charge in [0.2, 0.25) is 0 Å². The molecule has 1 atom stereocenters. The van der Waals surface area contributed by atoms with Crippen molar-refractivity contribution in [3.63, 3.8) is 0 Å². The molecule has 1 fully saturated rings. The summed E-state index contributed by atoms with van der Waals surface area (Å²) in [5.74, 6) is -1.47. The second kappa shape index (κ2) is 4.26. The minimum Gasteiger partial charge on any atom is -0.467 e. The molecule has 2 rings (SSSR count). The Morgan fingerprint density at radius 2 is 2.06 bits per heavy atom. The molecule has 0 amide bonds. The Kier molecular flexibility index (Phi) is 2.80. The Hall–Kier alpha value is -1.98. The highest BCUT2D eigenvalue weighted by atomic mass is 16.6. The molecule has 1 aliphatic rings. The minimum atomic E-state index is -0.537. The number of carbonyl (C=O) groups excluding carboxylic acids is 2. The summed E-state index contributed by atoms with van der Waals surface area (Å²) >= 11 is 0. The second-order valence-corrected chi connectivity index (χ2v) is 3.39. The Balaban J connectivity index is 2.17. The van der Waals surface area contributed by atoms with Crippen LogP contribution >= 0.6 is 0 Å². The van der Waals surface area contributed by atoms with Crippen molar-refractivity contribution >= 4 is 11.9 Å². The van der Waals surface area contributed by atoms with Gasteiger partial charge in [-0.15, -0.1) is 0 Å². The molecule has 16 heavy (non-hydrogen) atoms. The van der Waals surface area contributed by atoms with Gasteiger partial charge in [-0.1, -0.05) is 0 Å². The summed E-state index contributed by atoms with van der Waals surface area (Å²) in [5.41, 5.74) is 0.637. The molecule has 6 heteroatoms. The Morgan fingerprint density at radius 1 is 1.38 bits per heavy atom. The van der Waals surface area contributed by atoms with Gasteiger partial charge in [-0.05, 0) is 6.42 Å². The molecule has 0 saturated carbocycles. The molecule has 2 heterocycles. The van der Waals surface area contributed by atoms with Crippen LogP contribution in [0.25, 0.3) is 0 Å². The first kappa shape index (κ1) is 10.5. The molecule has 0 bridgehead atoms. The van der Waals surface area contributed by atoms with E-state index < -0.39 is 17.9 Å². The SMILES string of the molecule is COc1ncc(C2CCC(=O)OC2=O)cn1. The number of hydrogen-bond donors (Lipinski definition) is 0. The zero-order chi connectivity index (χ0) is 11.5. The predicted molar refractivity (Wildman–Crippen MR) is 51.7 cm³/mol. The highest BCUT2D eigenvalue weighted by Crippen LogP contribution is 2.26. The molecular formula is C10H10N2O4. The fourth-order valence-corrected chi connectivity index (χ4v) is 1.53. The third-order valence-electron chi connectivity index (χ3n) is 2.37. The minimum absolute atomic E-state index is 0.239. The van der Waals surface area contributed by atoms with Crippen LogP contribution in [0, 0.1) is 0 Å². The van der Waals surface area contributed by atoms with Gasteiger partial charge in [0.05, 0.1) is 13.0 Å². The molecule has 6 nitrogen and oxygen atoms in total. The monoisotopic (exact) mass is 222 g/mol. The number of esters is 2. The molecule has 0 radical (unpaired) electrons. The summed E-state index contributed by atoms with van der Waals surface area (Å²) in [7, 11) is 1.46. The Morgan fingerprint density at radius 3 is 2.62 bits per heavy atom. The molecule has 1 unspecified atom stereocenters. The van der Waals surface area contributed by atoms with Crippen LogP contribution in [0.5, 0.6) is 6.01 Å². The average molecular weight is 222 g/mol. The van der Waals surface area contributed by atoms with Crippen molar-refractivity contribution in [1.29, 1.82) is 0 Å². The number of aromatic nitrogens is 2. The third-order valence-corrected chi connectivity index (χ3v) is 2.37. The van der Waals surface area contributed by atoms with E-state index in [2.05, 4.69) is 14.7 Å². The molecule has 0 aromatic carbocycles. The van der Waals surface area contributed by atoms with Gasteiger partial charge in [0.25, 0.3) is 0 Å². The van der Waals surface area contributed by atoms with Crippen LogP contribution in [0.2, 0.25) is 0 Å². The summed E-state index contributed by atoms with van der Waals surface area (Å²) in [6.45, 7) is 0. The summed E-state index contributed by atoms with van der Waals surface area (Å²) in [6.07, 6.45) is 3.69. The molecule has 1 aliphatic heterocycles. The van der Waals surface area contributed by atoms with Crippen molar-refractivity contribution in [1.82, 2.24) is 9.97 Å². The van der Waals surface area contributed by atoms with Crippen LogP contribution in [0.15, 0.2) is 12.4 Å². The number of rotatable bonds is 2. The molecule has 0 spiro atoms. The van der Waals surface area contributed by atoms with Crippen molar-refractivity contribution in [2.75, 3.05) is 7.11 Å². The van der Waals surface area contributed by atoms with Gasteiger partial charge in [-0.2, -0.15) is 0 Å². The van der Waals surface area contributed by atoms with Crippen LogP contribution in [0.4, 0.5) is 0 Å². The van der Waals surface area contributed by atoms with E-state index in [4.69, 9.17) is 4.74 Å². The van der Waals surface area contributed by atoms with Crippen LogP contribution in [0.3, 0.4) is 0 Å². The zero-order valence-corrected chi connectivity index (χ0v) is 8.67. The maximum Gasteiger partial charge on any atom is 0.321 e. The summed E-state index contributed by atoms with van der Waals surface area (Å²) in [6, 6.07) is 0.240. The smallest absolute Gasteiger partial charge is 0.321 e. The van der Waals surface area contributed by atoms with Crippen molar-refractivity contribution in [2.24, 2.45) is 0 Å². The van der Waals surface area contributed by atoms with E-state index in [-0.39, 0.29) is 12.4 Å². The molecule has 1 aromatic heterocycles. The van der Waals surface area contributed by atoms with Crippen LogP contribution < -0.4 is 4.74 Å². The van der Waals surface area contributed by atoms with Gasteiger partial charge >= 0.3 is 17.9 Å². The van der Waals surface area contributed by atoms with E-state index >= 15 is 0 Å². The quantitative estimate of drug-likeness (QED) is 0.533. The normalized spacial score (nSPS) is 20.4. The second-order valence-electron chi connectivity index (χ2n) is 3.39. The van der Waals surface area contributed by atoms with Crippen molar-refractivity contribution < 1.29 is 19.1 Å². The molecule has 1 aromatic rings. The van der Waals surface area contributed by atoms with Crippen LogP contribution in [-0.2, 0) is 14.3 Å². The summed E-state index contributed by atoms with van der Waals surface area (Å²) in [5, 5.41) is 0. The molecule has 0 N–H and O–H groups in total. The number of hydrogen-bond acceptors (Lipinski definition) is 6. The molecule has 0 aliphatic carbocycles. The van der Waals surface area contributed by atoms with E-state index in [1.165, 1.54) is 19.5 Å². The van der Waals surface area contributed by atoms with Gasteiger partial charge in [0.15, 0.2) is 0 Å². The number of carbonyl (C=O) groups is 2. The highest BCUT2D eigenvalue weighted by molar-refractivity contribution is 5.92. The Labute approximate surface area is 91.6 Å². The van der Waals surface area contributed by atoms with Gasteiger partial charge in [0, 0.05) is 24.4 Å². The first-order valence-electron chi connectivity index (χ1n) is 4.81. The molecule has 1 saturated heterocycles. The van der Waals surface area contributed by atoms with E-state index in [1.54, 1.807) is 0 Å². The first-order chi connectivity index (χ1) is 7.70. The molecule has 84 valence electrons. The molecular weight excluding hydrogens is 212 g/mol. The van der Waals surface area contributed by atoms with E-state index in [0.717, 1.165) is 0 Å². The van der Waals surface area contributed by atoms with E-state index in [9.17, 15) is 9.59 Å². The summed E-state index contributed by atoms with van der Waals surface area (Å²) in [4.78, 5) is 30.1. The lowest BCUT2D eigenvalue weighted by atomic mass is 9.95. The fourth-order valence-electron chi connectivity index (χ4n) is 1.53. The van der Waals surface area contributed by atoms with Crippen molar-refractivity contribution in [3.8, 4) is 6.01 Å². The number of methoxy groups -OCH3 is 1. The number of nitrogens with zero attached hydrogens (tertiary/aromatic N) is 2. The third kappa shape index (κ3) is 2.00. The lowest BCUT2D eigenvalue weighted by Crippen LogP contribution is -2.26. The van der Waals surface area contributed by atoms with Crippen LogP contribution in [-0.4, -0.2) is 29.0 Å². The summed E-state index contributed by atoms with van der Waals surface area (Å²) < 4.78 is 9.35. The topological polar surface area (TPSA) is 78.4 Å². The lowest BCUT2D eigenvalue weighted by Gasteiger charge is -2.18. The van der Waals surface area contributed by atoms with E-state index in [1.807, 2.05) is 0 Å². The maximum absolute atomic E-state index is 11.4. The predicted octanol–water partition coefficient (Wildman–Crippen LogP) is 0.432. The fraction of sp³-hybridized carbons (Fsp3) is 0.400. The van der Waals surface area contributed by atoms with Gasteiger partial charge in [-0.3, -0.25) is 9.59 Å². The van der Waals surface area contributed by atoms with Crippen LogP contribution in [0.1, 0.15) is 24.3 Å². The standard InChI is InChI=1S/C10H10N2O4/c1-15-10-11-4-6(5-12-10)7-2-3-8(13)16-9(7)14/h4-5,7H,2-3H2,1H3. The van der Waals surface area contributed by atoms with Crippen molar-refractivity contribution in [2.45, 2.75) is 18.8 Å². The van der Waals surface area contributed by atoms with Crippen molar-refractivity contribution in [3.05, 3.63) is 18.0 Å². The lowest BCUT2D eigenvalue weighted by molar-refractivity contribution is -0.164. The number of cyclic esters (lactones) is 2. The number of ether oxygens (including phenoxy) is 2. The zero-order valence-electron chi connectivity index (χ0n) is 8.67. The largest absolute Gasteiger partial charge is 0.467 e. The van der Waals surface area contributed by atoms with Gasteiger partial charge < -0.3 is 9.47 Å². The first-order valence-corrected chi connectivity index (χ1v) is 4.81. The van der Waals surface area contributed by atoms with Gasteiger partial charge in [0.1, 0.15) is 0 Å². The van der Waals surface area contributed by atoms with Gasteiger partial charge in [-0.25, -0.2) is 9.97 Å². The highest BCUT2D eigenvalue weighted by Gasteiger charge is 2.30. The maximum atomic E-state index is 11.4. The average Bonchev–Trinajstić information content (AvgIpc) is 2.29.